The number of aryl methyl sites for hydroxylation is 1. The van der Waals surface area contributed by atoms with Gasteiger partial charge in [-0.25, -0.2) is 9.97 Å². The number of pyridine rings is 2. The number of H-pyrrole nitrogens is 2. The summed E-state index contributed by atoms with van der Waals surface area (Å²) in [4.78, 5) is 29.9. The minimum absolute atomic E-state index is 0.102. The van der Waals surface area contributed by atoms with Gasteiger partial charge in [-0.1, -0.05) is 31.2 Å². The summed E-state index contributed by atoms with van der Waals surface area (Å²) in [7, 11) is 0. The molecule has 0 unspecified atom stereocenters. The Kier molecular flexibility index (Phi) is 5.25. The van der Waals surface area contributed by atoms with Crippen LogP contribution >= 0.6 is 0 Å². The van der Waals surface area contributed by atoms with E-state index in [0.717, 1.165) is 75.0 Å². The second-order valence-corrected chi connectivity index (χ2v) is 9.73. The number of carbonyl (C=O) groups excluding carboxylic acids is 1. The lowest BCUT2D eigenvalue weighted by Crippen LogP contribution is -2.13. The van der Waals surface area contributed by atoms with Crippen LogP contribution in [0, 0.1) is 5.92 Å². The van der Waals surface area contributed by atoms with Crippen molar-refractivity contribution in [1.29, 1.82) is 0 Å². The van der Waals surface area contributed by atoms with Crippen molar-refractivity contribution in [2.75, 3.05) is 5.32 Å². The van der Waals surface area contributed by atoms with Crippen LogP contribution in [0.2, 0.25) is 0 Å². The van der Waals surface area contributed by atoms with Gasteiger partial charge >= 0.3 is 0 Å². The third-order valence-corrected chi connectivity index (χ3v) is 7.05. The highest BCUT2D eigenvalue weighted by molar-refractivity contribution is 5.97. The maximum Gasteiger partial charge on any atom is 0.227 e. The monoisotopic (exact) mass is 499 g/mol. The van der Waals surface area contributed by atoms with Gasteiger partial charge in [0, 0.05) is 35.1 Å². The van der Waals surface area contributed by atoms with Crippen molar-refractivity contribution in [2.45, 2.75) is 26.2 Å². The molecular formula is C30H25N7O. The first-order valence-corrected chi connectivity index (χ1v) is 12.9. The lowest BCUT2D eigenvalue weighted by molar-refractivity contribution is -0.117. The molecule has 0 aliphatic heterocycles. The van der Waals surface area contributed by atoms with Gasteiger partial charge in [0.1, 0.15) is 5.69 Å². The Morgan fingerprint density at radius 3 is 2.76 bits per heavy atom. The van der Waals surface area contributed by atoms with Gasteiger partial charge in [-0.05, 0) is 66.8 Å². The first kappa shape index (κ1) is 22.4. The van der Waals surface area contributed by atoms with Crippen LogP contribution in [0.25, 0.3) is 56.0 Å². The Morgan fingerprint density at radius 2 is 1.95 bits per heavy atom. The third-order valence-electron chi connectivity index (χ3n) is 7.05. The zero-order chi connectivity index (χ0) is 25.6. The highest BCUT2D eigenvalue weighted by atomic mass is 16.2. The summed E-state index contributed by atoms with van der Waals surface area (Å²) in [6, 6.07) is 20.2. The molecular weight excluding hydrogens is 474 g/mol. The lowest BCUT2D eigenvalue weighted by atomic mass is 10.0. The molecule has 6 aromatic rings. The molecule has 0 saturated heterocycles. The molecule has 1 fully saturated rings. The zero-order valence-corrected chi connectivity index (χ0v) is 20.8. The number of aromatic nitrogens is 6. The van der Waals surface area contributed by atoms with Crippen molar-refractivity contribution < 1.29 is 4.79 Å². The predicted molar refractivity (Wildman–Crippen MR) is 148 cm³/mol. The standard InChI is InChI=1S/C30H25N7O/c1-2-17-12-19(14-21(13-17)33-30(38)18-9-10-18)20-15-23-27(36-37-28(23)32-16-20)29-34-25-8-5-6-22(26(25)35-29)24-7-3-4-11-31-24/h3-8,11-16,18H,2,9-10H2,1H3,(H,33,38)(H,34,35)(H,32,36,37). The van der Waals surface area contributed by atoms with Crippen LogP contribution in [0.3, 0.4) is 0 Å². The van der Waals surface area contributed by atoms with Gasteiger partial charge in [0.05, 0.1) is 22.1 Å². The molecule has 8 heteroatoms. The number of nitrogens with zero attached hydrogens (tertiary/aromatic N) is 4. The van der Waals surface area contributed by atoms with E-state index in [9.17, 15) is 4.79 Å². The third kappa shape index (κ3) is 4.00. The van der Waals surface area contributed by atoms with Gasteiger partial charge in [0.15, 0.2) is 11.5 Å². The Bertz CT molecular complexity index is 1820. The van der Waals surface area contributed by atoms with Gasteiger partial charge in [0.25, 0.3) is 0 Å². The molecule has 0 radical (unpaired) electrons. The van der Waals surface area contributed by atoms with E-state index in [-0.39, 0.29) is 11.8 Å². The highest BCUT2D eigenvalue weighted by Gasteiger charge is 2.29. The number of aromatic amines is 2. The number of amides is 1. The predicted octanol–water partition coefficient (Wildman–Crippen LogP) is 6.14. The number of anilines is 1. The van der Waals surface area contributed by atoms with Crippen LogP contribution in [0.15, 0.2) is 73.1 Å². The summed E-state index contributed by atoms with van der Waals surface area (Å²) in [6.45, 7) is 2.11. The number of para-hydroxylation sites is 1. The van der Waals surface area contributed by atoms with Crippen LogP contribution in [0.4, 0.5) is 5.69 Å². The molecule has 4 aromatic heterocycles. The van der Waals surface area contributed by atoms with E-state index in [1.165, 1.54) is 0 Å². The molecule has 1 aliphatic carbocycles. The molecule has 8 nitrogen and oxygen atoms in total. The van der Waals surface area contributed by atoms with Crippen molar-refractivity contribution in [1.82, 2.24) is 30.1 Å². The van der Waals surface area contributed by atoms with Crippen molar-refractivity contribution in [3.05, 3.63) is 78.6 Å². The van der Waals surface area contributed by atoms with E-state index in [1.54, 1.807) is 6.20 Å². The van der Waals surface area contributed by atoms with Gasteiger partial charge in [0.2, 0.25) is 5.91 Å². The minimum atomic E-state index is 0.102. The first-order chi connectivity index (χ1) is 18.7. The minimum Gasteiger partial charge on any atom is -0.337 e. The summed E-state index contributed by atoms with van der Waals surface area (Å²) < 4.78 is 0. The van der Waals surface area contributed by atoms with Crippen LogP contribution in [-0.2, 0) is 11.2 Å². The molecule has 7 rings (SSSR count). The van der Waals surface area contributed by atoms with Crippen LogP contribution in [-0.4, -0.2) is 36.0 Å². The Balaban J connectivity index is 1.30. The molecule has 0 atom stereocenters. The smallest absolute Gasteiger partial charge is 0.227 e. The van der Waals surface area contributed by atoms with E-state index in [4.69, 9.17) is 4.98 Å². The number of hydrogen-bond acceptors (Lipinski definition) is 5. The molecule has 4 heterocycles. The van der Waals surface area contributed by atoms with E-state index in [0.29, 0.717) is 11.5 Å². The van der Waals surface area contributed by atoms with Crippen molar-refractivity contribution in [3.8, 4) is 33.9 Å². The molecule has 0 spiro atoms. The van der Waals surface area contributed by atoms with Crippen LogP contribution in [0.5, 0.6) is 0 Å². The molecule has 0 bridgehead atoms. The van der Waals surface area contributed by atoms with E-state index in [1.807, 2.05) is 54.7 Å². The molecule has 1 amide bonds. The summed E-state index contributed by atoms with van der Waals surface area (Å²) in [5.41, 5.74) is 8.90. The summed E-state index contributed by atoms with van der Waals surface area (Å²) in [5.74, 6) is 0.937. The van der Waals surface area contributed by atoms with Gasteiger partial charge in [-0.15, -0.1) is 0 Å². The fourth-order valence-electron chi connectivity index (χ4n) is 4.84. The highest BCUT2D eigenvalue weighted by Crippen LogP contribution is 2.34. The lowest BCUT2D eigenvalue weighted by Gasteiger charge is -2.10. The number of rotatable bonds is 6. The number of nitrogens with one attached hydrogen (secondary N) is 3. The summed E-state index contributed by atoms with van der Waals surface area (Å²) >= 11 is 0. The molecule has 186 valence electrons. The molecule has 38 heavy (non-hydrogen) atoms. The Morgan fingerprint density at radius 1 is 1.03 bits per heavy atom. The number of fused-ring (bicyclic) bond motifs is 2. The molecule has 1 aliphatic rings. The maximum atomic E-state index is 12.4. The number of imidazole rings is 1. The van der Waals surface area contributed by atoms with Gasteiger partial charge < -0.3 is 10.3 Å². The molecule has 1 saturated carbocycles. The van der Waals surface area contributed by atoms with Gasteiger partial charge in [-0.3, -0.25) is 14.9 Å². The second-order valence-electron chi connectivity index (χ2n) is 9.73. The van der Waals surface area contributed by atoms with E-state index in [2.05, 4.69) is 49.5 Å². The van der Waals surface area contributed by atoms with E-state index < -0.39 is 0 Å². The number of carbonyl (C=O) groups is 1. The average Bonchev–Trinajstić information content (AvgIpc) is 3.59. The van der Waals surface area contributed by atoms with Gasteiger partial charge in [-0.2, -0.15) is 5.10 Å². The number of hydrogen-bond donors (Lipinski definition) is 3. The zero-order valence-electron chi connectivity index (χ0n) is 20.8. The Labute approximate surface area is 218 Å². The topological polar surface area (TPSA) is 112 Å². The fourth-order valence-corrected chi connectivity index (χ4v) is 4.84. The Hall–Kier alpha value is -4.85. The largest absolute Gasteiger partial charge is 0.337 e. The van der Waals surface area contributed by atoms with Crippen LogP contribution in [0.1, 0.15) is 25.3 Å². The number of benzene rings is 2. The van der Waals surface area contributed by atoms with Crippen molar-refractivity contribution >= 4 is 33.7 Å². The maximum absolute atomic E-state index is 12.4. The quantitative estimate of drug-likeness (QED) is 0.255. The SMILES string of the molecule is CCc1cc(NC(=O)C2CC2)cc(-c2cnc3n[nH]c(-c4nc5c(-c6ccccn6)cccc5[nH]4)c3c2)c1. The van der Waals surface area contributed by atoms with Crippen molar-refractivity contribution in [3.63, 3.8) is 0 Å². The first-order valence-electron chi connectivity index (χ1n) is 12.9. The van der Waals surface area contributed by atoms with Crippen LogP contribution < -0.4 is 5.32 Å². The molecule has 3 N–H and O–H groups in total. The summed E-state index contributed by atoms with van der Waals surface area (Å²) in [5, 5.41) is 11.5. The average molecular weight is 500 g/mol. The molecule has 2 aromatic carbocycles. The van der Waals surface area contributed by atoms with E-state index >= 15 is 0 Å². The fraction of sp³-hybridized carbons (Fsp3) is 0.167. The normalized spacial score (nSPS) is 13.3. The van der Waals surface area contributed by atoms with Crippen molar-refractivity contribution in [2.24, 2.45) is 5.92 Å². The second kappa shape index (κ2) is 8.92. The summed E-state index contributed by atoms with van der Waals surface area (Å²) in [6.07, 6.45) is 6.42.